The minimum Gasteiger partial charge on any atom is -0.368 e. The van der Waals surface area contributed by atoms with Gasteiger partial charge in [-0.15, -0.1) is 0 Å². The monoisotopic (exact) mass is 357 g/mol. The Bertz CT molecular complexity index is 859. The molecule has 0 radical (unpaired) electrons. The first-order valence-electron chi connectivity index (χ1n) is 7.91. The quantitative estimate of drug-likeness (QED) is 0.547. The molecule has 0 saturated carbocycles. The van der Waals surface area contributed by atoms with Crippen LogP contribution in [0.3, 0.4) is 0 Å². The molecule has 9 heteroatoms. The van der Waals surface area contributed by atoms with Gasteiger partial charge < -0.3 is 20.1 Å². The van der Waals surface area contributed by atoms with Crippen LogP contribution in [0.5, 0.6) is 0 Å². The van der Waals surface area contributed by atoms with Gasteiger partial charge in [-0.05, 0) is 29.8 Å². The second-order valence-corrected chi connectivity index (χ2v) is 6.07. The largest absolute Gasteiger partial charge is 0.368 e. The number of hydrogen-bond acceptors (Lipinski definition) is 6. The maximum atomic E-state index is 10.6. The Morgan fingerprint density at radius 1 is 1.16 bits per heavy atom. The fraction of sp³-hybridized carbons (Fsp3) is 0.250. The summed E-state index contributed by atoms with van der Waals surface area (Å²) in [5.41, 5.74) is 2.61. The lowest BCUT2D eigenvalue weighted by Crippen LogP contribution is -2.47. The normalized spacial score (nSPS) is 14.8. The molecule has 128 valence electrons. The highest BCUT2D eigenvalue weighted by Gasteiger charge is 2.24. The maximum Gasteiger partial charge on any atom is 0.211 e. The van der Waals surface area contributed by atoms with Crippen LogP contribution in [0.2, 0.25) is 5.28 Å². The van der Waals surface area contributed by atoms with Crippen molar-refractivity contribution in [3.05, 3.63) is 35.9 Å². The lowest BCUT2D eigenvalue weighted by Gasteiger charge is -2.37. The molecule has 1 aromatic rings. The molecular formula is C16H16ClN7O. The van der Waals surface area contributed by atoms with Gasteiger partial charge in [0.1, 0.15) is 12.1 Å². The third-order valence-corrected chi connectivity index (χ3v) is 4.44. The first-order chi connectivity index (χ1) is 12.2. The van der Waals surface area contributed by atoms with E-state index in [1.807, 2.05) is 24.3 Å². The number of aromatic nitrogens is 4. The number of amides is 1. The van der Waals surface area contributed by atoms with Gasteiger partial charge in [0.2, 0.25) is 11.7 Å². The first-order valence-corrected chi connectivity index (χ1v) is 8.29. The Kier molecular flexibility index (Phi) is 4.10. The van der Waals surface area contributed by atoms with Gasteiger partial charge in [0.25, 0.3) is 0 Å². The summed E-state index contributed by atoms with van der Waals surface area (Å²) >= 11 is 6.06. The highest BCUT2D eigenvalue weighted by molar-refractivity contribution is 6.28. The number of H-pyrrole nitrogens is 1. The summed E-state index contributed by atoms with van der Waals surface area (Å²) in [5, 5.41) is 2.99. The minimum atomic E-state index is 0.304. The van der Waals surface area contributed by atoms with E-state index in [9.17, 15) is 4.79 Å². The number of nitrogens with zero attached hydrogens (tertiary/aromatic N) is 5. The van der Waals surface area contributed by atoms with Crippen LogP contribution in [0.15, 0.2) is 30.6 Å². The topological polar surface area (TPSA) is 90.0 Å². The third kappa shape index (κ3) is 3.08. The average molecular weight is 358 g/mol. The van der Waals surface area contributed by atoms with Gasteiger partial charge in [0.05, 0.1) is 0 Å². The van der Waals surface area contributed by atoms with Crippen LogP contribution in [0.1, 0.15) is 0 Å². The number of fused-ring (bicyclic) bond motifs is 1. The van der Waals surface area contributed by atoms with Crippen LogP contribution in [0.25, 0.3) is 11.5 Å². The second kappa shape index (κ2) is 6.56. The summed E-state index contributed by atoms with van der Waals surface area (Å²) in [4.78, 5) is 30.7. The molecule has 8 nitrogen and oxygen atoms in total. The highest BCUT2D eigenvalue weighted by atomic mass is 35.5. The molecule has 2 N–H and O–H groups in total. The van der Waals surface area contributed by atoms with E-state index < -0.39 is 0 Å². The highest BCUT2D eigenvalue weighted by Crippen LogP contribution is 2.29. The number of aromatic amines is 1. The van der Waals surface area contributed by atoms with Gasteiger partial charge in [-0.25, -0.2) is 9.97 Å². The summed E-state index contributed by atoms with van der Waals surface area (Å²) in [5.74, 6) is 1.40. The van der Waals surface area contributed by atoms with Crippen molar-refractivity contribution < 1.29 is 4.79 Å². The Hall–Kier alpha value is -2.87. The van der Waals surface area contributed by atoms with Crippen LogP contribution in [-0.4, -0.2) is 52.5 Å². The van der Waals surface area contributed by atoms with E-state index in [1.54, 1.807) is 0 Å². The van der Waals surface area contributed by atoms with E-state index in [4.69, 9.17) is 11.6 Å². The zero-order valence-electron chi connectivity index (χ0n) is 13.3. The fourth-order valence-corrected chi connectivity index (χ4v) is 3.23. The first kappa shape index (κ1) is 15.6. The molecule has 0 unspecified atom stereocenters. The molecule has 1 amide bonds. The number of imidazole rings is 1. The van der Waals surface area contributed by atoms with Crippen molar-refractivity contribution in [1.82, 2.24) is 19.9 Å². The molecule has 0 spiro atoms. The second-order valence-electron chi connectivity index (χ2n) is 5.71. The number of carbonyl (C=O) groups is 1. The van der Waals surface area contributed by atoms with Gasteiger partial charge in [-0.2, -0.15) is 4.98 Å². The standard InChI is InChI=1S/C16H16ClN7O/c17-16-21-14-13(18-9-19-14)15(22-16)24-6-4-23(5-7-24)12-3-1-2-11(8-12)20-10-25/h1-3,8-10H,4-7H2,(H,20,25)(H,18,19,21,22). The van der Waals surface area contributed by atoms with Crippen molar-refractivity contribution in [2.24, 2.45) is 0 Å². The summed E-state index contributed by atoms with van der Waals surface area (Å²) in [7, 11) is 0. The Morgan fingerprint density at radius 3 is 2.76 bits per heavy atom. The fourth-order valence-electron chi connectivity index (χ4n) is 3.06. The van der Waals surface area contributed by atoms with E-state index >= 15 is 0 Å². The van der Waals surface area contributed by atoms with Crippen molar-refractivity contribution in [2.75, 3.05) is 41.3 Å². The van der Waals surface area contributed by atoms with Gasteiger partial charge >= 0.3 is 0 Å². The predicted octanol–water partition coefficient (Wildman–Crippen LogP) is 1.85. The average Bonchev–Trinajstić information content (AvgIpc) is 3.10. The predicted molar refractivity (Wildman–Crippen MR) is 96.4 cm³/mol. The SMILES string of the molecule is O=CNc1cccc(N2CCN(c3[nH]c(Cl)nc4ncnc3-4)CC2)c1. The Morgan fingerprint density at radius 2 is 1.96 bits per heavy atom. The molecule has 0 aliphatic carbocycles. The number of rotatable bonds is 4. The molecule has 25 heavy (non-hydrogen) atoms. The number of piperazine rings is 1. The number of halogens is 1. The summed E-state index contributed by atoms with van der Waals surface area (Å²) < 4.78 is 0. The number of anilines is 3. The zero-order valence-corrected chi connectivity index (χ0v) is 14.1. The molecule has 0 atom stereocenters. The Labute approximate surface area is 149 Å². The van der Waals surface area contributed by atoms with Crippen molar-refractivity contribution >= 4 is 35.2 Å². The van der Waals surface area contributed by atoms with Crippen molar-refractivity contribution in [1.29, 1.82) is 0 Å². The smallest absolute Gasteiger partial charge is 0.211 e. The number of nitrogens with one attached hydrogen (secondary N) is 2. The zero-order chi connectivity index (χ0) is 17.2. The summed E-state index contributed by atoms with van der Waals surface area (Å²) in [6.07, 6.45) is 2.18. The van der Waals surface area contributed by atoms with E-state index in [0.29, 0.717) is 17.5 Å². The molecule has 1 aromatic carbocycles. The molecule has 1 fully saturated rings. The molecule has 1 saturated heterocycles. The van der Waals surface area contributed by atoms with Crippen LogP contribution < -0.4 is 15.1 Å². The van der Waals surface area contributed by atoms with Gasteiger partial charge in [-0.1, -0.05) is 6.07 Å². The number of carbonyl (C=O) groups excluding carboxylic acids is 1. The van der Waals surface area contributed by atoms with Gasteiger partial charge in [-0.3, -0.25) is 4.79 Å². The van der Waals surface area contributed by atoms with E-state index in [1.165, 1.54) is 6.33 Å². The molecular weight excluding hydrogens is 342 g/mol. The number of benzene rings is 1. The Balaban J connectivity index is 1.51. The number of hydrogen-bond donors (Lipinski definition) is 2. The lowest BCUT2D eigenvalue weighted by molar-refractivity contribution is -0.105. The molecule has 0 bridgehead atoms. The maximum absolute atomic E-state index is 10.6. The van der Waals surface area contributed by atoms with Gasteiger partial charge in [0.15, 0.2) is 11.5 Å². The van der Waals surface area contributed by atoms with Crippen molar-refractivity contribution in [3.63, 3.8) is 0 Å². The van der Waals surface area contributed by atoms with E-state index in [2.05, 4.69) is 35.1 Å². The molecule has 4 rings (SSSR count). The van der Waals surface area contributed by atoms with Crippen molar-refractivity contribution in [2.45, 2.75) is 0 Å². The van der Waals surface area contributed by atoms with Crippen LogP contribution in [0, 0.1) is 0 Å². The van der Waals surface area contributed by atoms with Crippen LogP contribution >= 0.6 is 11.6 Å². The summed E-state index contributed by atoms with van der Waals surface area (Å²) in [6.45, 7) is 3.30. The van der Waals surface area contributed by atoms with Gasteiger partial charge in [0, 0.05) is 37.6 Å². The molecule has 3 aliphatic heterocycles. The van der Waals surface area contributed by atoms with Crippen molar-refractivity contribution in [3.8, 4) is 11.5 Å². The minimum absolute atomic E-state index is 0.304. The molecule has 0 aromatic heterocycles. The van der Waals surface area contributed by atoms with E-state index in [0.717, 1.165) is 49.1 Å². The van der Waals surface area contributed by atoms with E-state index in [-0.39, 0.29) is 0 Å². The lowest BCUT2D eigenvalue weighted by atomic mass is 10.2. The van der Waals surface area contributed by atoms with Crippen LogP contribution in [0.4, 0.5) is 17.2 Å². The molecule has 3 aliphatic rings. The van der Waals surface area contributed by atoms with Crippen LogP contribution in [-0.2, 0) is 4.79 Å². The summed E-state index contributed by atoms with van der Waals surface area (Å²) in [6, 6.07) is 7.82. The molecule has 3 heterocycles. The third-order valence-electron chi connectivity index (χ3n) is 4.26.